The van der Waals surface area contributed by atoms with E-state index in [4.69, 9.17) is 31.5 Å². The SMILES string of the molecule is [2H]c1c([2H])c([2H])c(-c2c([2H])c([2H])c(-c3c([2H])c([2H])c(N(c4c([2H])c([2H])c(-c5c([2H])c([2H])c([2H])c([2H])c5-c5c([2H])c([2H])c([2H])c([2H])c5[2H])c([2H])c4[2H])c4c([2H])c([2H])c([2H])c(-c5c([2H])c([2H])c6c(c5[2H])c5c([2H])c([2H])c([2H])c([2H])c5n6-c5c([2H])c([2H])c([2H])c([2H])c5[2H])c4[2H])c([2H])c3[2H])c([2H])c2[2H])c([2H])c1[2H]. The molecule has 0 unspecified atom stereocenters. The zero-order chi connectivity index (χ0) is 77.8. The first-order valence-electron chi connectivity index (χ1n) is 38.8. The summed E-state index contributed by atoms with van der Waals surface area (Å²) in [4.78, 5) is 0.127. The van der Waals surface area contributed by atoms with Gasteiger partial charge in [-0.3, -0.25) is 0 Å². The highest BCUT2D eigenvalue weighted by atomic mass is 15.1. The van der Waals surface area contributed by atoms with Gasteiger partial charge in [0.05, 0.1) is 68.6 Å². The minimum absolute atomic E-state index is 0.127. The van der Waals surface area contributed by atoms with Crippen molar-refractivity contribution in [2.45, 2.75) is 0 Å². The topological polar surface area (TPSA) is 8.17 Å². The molecule has 11 rings (SSSR count). The summed E-state index contributed by atoms with van der Waals surface area (Å²) in [6, 6.07) is -49.6. The third kappa shape index (κ3) is 6.94. The van der Waals surface area contributed by atoms with Crippen LogP contribution in [-0.4, -0.2) is 4.57 Å². The molecule has 62 heavy (non-hydrogen) atoms. The van der Waals surface area contributed by atoms with Gasteiger partial charge in [0.2, 0.25) is 0 Å². The lowest BCUT2D eigenvalue weighted by Gasteiger charge is -2.26. The van der Waals surface area contributed by atoms with E-state index in [0.717, 1.165) is 0 Å². The lowest BCUT2D eigenvalue weighted by Crippen LogP contribution is -2.10. The Balaban J connectivity index is 1.32. The molecule has 0 atom stereocenters. The number of para-hydroxylation sites is 2. The summed E-state index contributed by atoms with van der Waals surface area (Å²) in [5, 5.41) is -1.55. The van der Waals surface area contributed by atoms with Crippen LogP contribution in [0.3, 0.4) is 0 Å². The average molecular weight is 833 g/mol. The number of fused-ring (bicyclic) bond motifs is 3. The molecule has 2 heteroatoms. The molecule has 11 aromatic rings. The number of aromatic nitrogens is 1. The Morgan fingerprint density at radius 3 is 1.32 bits per heavy atom. The molecular weight excluding hydrogens is 749 g/mol. The van der Waals surface area contributed by atoms with E-state index < -0.39 is 354 Å². The smallest absolute Gasteiger partial charge is 0.0651 e. The Bertz CT molecular complexity index is 5660. The van der Waals surface area contributed by atoms with Crippen LogP contribution in [0.25, 0.3) is 83.1 Å². The molecule has 0 saturated heterocycles. The van der Waals surface area contributed by atoms with Gasteiger partial charge in [0, 0.05) is 33.5 Å². The van der Waals surface area contributed by atoms with Gasteiger partial charge in [-0.05, 0) is 122 Å². The lowest BCUT2D eigenvalue weighted by atomic mass is 9.94. The molecule has 0 aliphatic rings. The number of benzene rings is 10. The van der Waals surface area contributed by atoms with Gasteiger partial charge < -0.3 is 9.47 Å². The highest BCUT2D eigenvalue weighted by Crippen LogP contribution is 2.41. The fourth-order valence-electron chi connectivity index (χ4n) is 6.21. The van der Waals surface area contributed by atoms with Crippen molar-refractivity contribution in [1.82, 2.24) is 4.57 Å². The largest absolute Gasteiger partial charge is 0.310 e. The van der Waals surface area contributed by atoms with Gasteiger partial charge in [-0.25, -0.2) is 0 Å². The van der Waals surface area contributed by atoms with Crippen LogP contribution in [0.4, 0.5) is 17.1 Å². The first-order valence-corrected chi connectivity index (χ1v) is 17.8. The fourth-order valence-corrected chi connectivity index (χ4v) is 6.21. The Labute approximate surface area is 421 Å². The van der Waals surface area contributed by atoms with Crippen LogP contribution < -0.4 is 4.90 Å². The maximum absolute atomic E-state index is 10.2. The zero-order valence-corrected chi connectivity index (χ0v) is 30.9. The Hall–Kier alpha value is -8.20. The summed E-state index contributed by atoms with van der Waals surface area (Å²) in [7, 11) is 0. The van der Waals surface area contributed by atoms with Gasteiger partial charge in [0.15, 0.2) is 0 Å². The van der Waals surface area contributed by atoms with Gasteiger partial charge in [-0.15, -0.1) is 0 Å². The minimum Gasteiger partial charge on any atom is -0.310 e. The highest BCUT2D eigenvalue weighted by Gasteiger charge is 2.17. The van der Waals surface area contributed by atoms with Crippen LogP contribution in [-0.2, 0) is 0 Å². The third-order valence-electron chi connectivity index (χ3n) is 8.94. The van der Waals surface area contributed by atoms with Crippen molar-refractivity contribution >= 4 is 38.9 Å². The zero-order valence-electron chi connectivity index (χ0n) is 72.9. The maximum Gasteiger partial charge on any atom is 0.0651 e. The van der Waals surface area contributed by atoms with Crippen LogP contribution >= 0.6 is 0 Å². The number of rotatable bonds is 9. The summed E-state index contributed by atoms with van der Waals surface area (Å²) in [5.74, 6) is 0. The molecule has 2 nitrogen and oxygen atoms in total. The summed E-state index contributed by atoms with van der Waals surface area (Å²) in [6.45, 7) is 0. The second-order valence-electron chi connectivity index (χ2n) is 12.5. The fraction of sp³-hybridized carbons (Fsp3) is 0. The third-order valence-corrected chi connectivity index (χ3v) is 8.94. The van der Waals surface area contributed by atoms with Gasteiger partial charge in [-0.1, -0.05) is 187 Å². The molecule has 0 aliphatic carbocycles. The van der Waals surface area contributed by atoms with Crippen LogP contribution in [0, 0.1) is 0 Å². The van der Waals surface area contributed by atoms with E-state index in [2.05, 4.69) is 0 Å². The number of nitrogens with zero attached hydrogens (tertiary/aromatic N) is 2. The standard InChI is InChI=1S/C60H42N2/c1-4-15-43(16-5-1)44-27-29-45(30-28-44)46-31-36-52(37-32-46)61(53-38-33-48(34-39-53)56-24-11-10-23-55(56)47-17-6-2-7-18-47)54-22-14-19-49(41-54)50-35-40-60-58(42-50)57-25-12-13-26-59(57)62(60)51-20-8-3-9-21-51/h1-42H/i1D,2D,3D,4D,5D,6D,7D,8D,9D,10D,11D,12D,13D,14D,15D,16D,17D,18D,19D,20D,21D,22D,23D,24D,25D,26D,27D,28D,29D,30D,31D,32D,33D,34D,35D,36D,37D,38D,39D,40D,41D,42D. The van der Waals surface area contributed by atoms with Crippen molar-refractivity contribution in [1.29, 1.82) is 0 Å². The Morgan fingerprint density at radius 2 is 0.694 bits per heavy atom. The molecule has 0 saturated carbocycles. The molecule has 0 amide bonds. The Morgan fingerprint density at radius 1 is 0.274 bits per heavy atom. The monoisotopic (exact) mass is 833 g/mol. The maximum atomic E-state index is 10.2. The number of hydrogen-bond acceptors (Lipinski definition) is 1. The van der Waals surface area contributed by atoms with Gasteiger partial charge in [0.25, 0.3) is 0 Å². The normalized spacial score (nSPS) is 20.7. The van der Waals surface area contributed by atoms with Crippen molar-refractivity contribution < 1.29 is 57.6 Å². The highest BCUT2D eigenvalue weighted by molar-refractivity contribution is 6.10. The summed E-state index contributed by atoms with van der Waals surface area (Å²) in [6.07, 6.45) is 0. The second-order valence-corrected chi connectivity index (χ2v) is 12.5. The molecule has 0 fully saturated rings. The van der Waals surface area contributed by atoms with Crippen LogP contribution in [0.15, 0.2) is 254 Å². The second kappa shape index (κ2) is 16.1. The van der Waals surface area contributed by atoms with E-state index in [1.165, 1.54) is 0 Å². The van der Waals surface area contributed by atoms with Crippen LogP contribution in [0.1, 0.15) is 57.6 Å². The number of hydrogen-bond donors (Lipinski definition) is 0. The minimum atomic E-state index is -1.52. The first-order chi connectivity index (χ1) is 48.2. The van der Waals surface area contributed by atoms with Crippen LogP contribution in [0.5, 0.6) is 0 Å². The molecule has 1 aromatic heterocycles. The van der Waals surface area contributed by atoms with Crippen molar-refractivity contribution in [2.75, 3.05) is 4.90 Å². The van der Waals surface area contributed by atoms with Crippen molar-refractivity contribution in [3.63, 3.8) is 0 Å². The molecule has 1 heterocycles. The predicted molar refractivity (Wildman–Crippen MR) is 263 cm³/mol. The molecule has 0 bridgehead atoms. The average Bonchev–Trinajstić information content (AvgIpc) is 1.43. The van der Waals surface area contributed by atoms with Crippen LogP contribution in [0.2, 0.25) is 0 Å². The van der Waals surface area contributed by atoms with E-state index in [0.29, 0.717) is 4.57 Å². The summed E-state index contributed by atoms with van der Waals surface area (Å²) < 4.78 is 382. The van der Waals surface area contributed by atoms with Gasteiger partial charge in [-0.2, -0.15) is 0 Å². The molecular formula is C60H42N2. The molecule has 292 valence electrons. The van der Waals surface area contributed by atoms with E-state index in [-0.39, 0.29) is 4.90 Å². The van der Waals surface area contributed by atoms with Gasteiger partial charge in [0.1, 0.15) is 0 Å². The van der Waals surface area contributed by atoms with E-state index in [1.54, 1.807) is 0 Å². The van der Waals surface area contributed by atoms with Gasteiger partial charge >= 0.3 is 0 Å². The molecule has 0 N–H and O–H groups in total. The lowest BCUT2D eigenvalue weighted by molar-refractivity contribution is 1.18. The quantitative estimate of drug-likeness (QED) is 0.141. The Kier molecular flexibility index (Phi) is 3.48. The first kappa shape index (κ1) is 13.4. The number of anilines is 3. The molecule has 0 radical (unpaired) electrons. The van der Waals surface area contributed by atoms with Crippen molar-refractivity contribution in [2.24, 2.45) is 0 Å². The summed E-state index contributed by atoms with van der Waals surface area (Å²) in [5.41, 5.74) is -17.1. The van der Waals surface area contributed by atoms with Crippen molar-refractivity contribution in [3.8, 4) is 61.3 Å². The molecule has 10 aromatic carbocycles. The molecule has 0 aliphatic heterocycles. The predicted octanol–water partition coefficient (Wildman–Crippen LogP) is 16.6. The van der Waals surface area contributed by atoms with E-state index in [9.17, 15) is 26.0 Å². The molecule has 0 spiro atoms. The van der Waals surface area contributed by atoms with Crippen molar-refractivity contribution in [3.05, 3.63) is 254 Å². The van der Waals surface area contributed by atoms with E-state index >= 15 is 0 Å². The summed E-state index contributed by atoms with van der Waals surface area (Å²) >= 11 is 0. The van der Waals surface area contributed by atoms with E-state index in [1.807, 2.05) is 0 Å².